The van der Waals surface area contributed by atoms with Gasteiger partial charge in [-0.25, -0.2) is 34.6 Å². The van der Waals surface area contributed by atoms with Gasteiger partial charge >= 0.3 is 0 Å². The molecule has 0 radical (unpaired) electrons. The summed E-state index contributed by atoms with van der Waals surface area (Å²) in [6, 6.07) is 40.1. The van der Waals surface area contributed by atoms with Crippen LogP contribution in [-0.2, 0) is 0 Å². The third-order valence-corrected chi connectivity index (χ3v) is 8.89. The fourth-order valence-corrected chi connectivity index (χ4v) is 6.20. The largest absolute Gasteiger partial charge is 0.457 e. The third kappa shape index (κ3) is 7.16. The molecule has 0 saturated carbocycles. The van der Waals surface area contributed by atoms with Crippen LogP contribution in [0, 0.1) is 0 Å². The van der Waals surface area contributed by atoms with Gasteiger partial charge in [-0.3, -0.25) is 4.98 Å². The molecule has 0 fully saturated rings. The molecule has 0 spiro atoms. The van der Waals surface area contributed by atoms with Gasteiger partial charge in [0.05, 0.1) is 16.5 Å². The van der Waals surface area contributed by atoms with Crippen molar-refractivity contribution >= 4 is 33.7 Å². The number of nitrogens with two attached hydrogens (primary N) is 2. The number of hydrogen-bond donors (Lipinski definition) is 2. The maximum absolute atomic E-state index is 6.18. The number of pyridine rings is 1. The number of aromatic nitrogens is 11. The van der Waals surface area contributed by atoms with Crippen LogP contribution in [0.2, 0.25) is 0 Å². The Balaban J connectivity index is 0.000000150. The Morgan fingerprint density at radius 3 is 1.38 bits per heavy atom. The van der Waals surface area contributed by atoms with Crippen LogP contribution >= 0.6 is 0 Å². The van der Waals surface area contributed by atoms with Gasteiger partial charge in [-0.2, -0.15) is 14.9 Å². The normalized spacial score (nSPS) is 10.9. The van der Waals surface area contributed by atoms with Gasteiger partial charge in [-0.15, -0.1) is 0 Å². The lowest BCUT2D eigenvalue weighted by Crippen LogP contribution is -2.01. The number of benzene rings is 4. The standard InChI is InChI=1S/C22H16N6O.C21H15N7O/c23-21-19-20(15-6-8-18(9-7-15)29-17-4-2-1-3-5-17)27-28(22(19)26-14-25-21)16-10-12-24-13-11-16;22-20-18-19(14-6-8-16(9-7-14)29-15-4-2-1-3-5-15)27-28(21(18)26-13-25-20)17-10-11-23-12-24-17/h1-14H,(H2,23,25,26);1-13H,(H2,22,25,26). The molecule has 6 heterocycles. The highest BCUT2D eigenvalue weighted by Crippen LogP contribution is 2.34. The highest BCUT2D eigenvalue weighted by molar-refractivity contribution is 5.99. The van der Waals surface area contributed by atoms with Crippen molar-refractivity contribution in [3.63, 3.8) is 0 Å². The number of nitrogens with zero attached hydrogens (tertiary/aromatic N) is 11. The van der Waals surface area contributed by atoms with Crippen molar-refractivity contribution in [1.29, 1.82) is 0 Å². The molecule has 58 heavy (non-hydrogen) atoms. The lowest BCUT2D eigenvalue weighted by molar-refractivity contribution is 0.482. The van der Waals surface area contributed by atoms with Crippen LogP contribution in [0.5, 0.6) is 23.0 Å². The molecule has 0 aliphatic rings. The highest BCUT2D eigenvalue weighted by Gasteiger charge is 2.20. The molecular formula is C43H31N13O2. The van der Waals surface area contributed by atoms with Crippen molar-refractivity contribution in [2.45, 2.75) is 0 Å². The first-order valence-corrected chi connectivity index (χ1v) is 17.9. The predicted octanol–water partition coefficient (Wildman–Crippen LogP) is 7.90. The van der Waals surface area contributed by atoms with E-state index in [9.17, 15) is 0 Å². The lowest BCUT2D eigenvalue weighted by atomic mass is 10.1. The van der Waals surface area contributed by atoms with Crippen molar-refractivity contribution in [3.8, 4) is 57.0 Å². The molecule has 15 nitrogen and oxygen atoms in total. The zero-order valence-corrected chi connectivity index (χ0v) is 30.5. The summed E-state index contributed by atoms with van der Waals surface area (Å²) in [6.45, 7) is 0. The molecule has 0 bridgehead atoms. The van der Waals surface area contributed by atoms with E-state index in [4.69, 9.17) is 31.1 Å². The van der Waals surface area contributed by atoms with Crippen LogP contribution in [-0.4, -0.2) is 54.4 Å². The van der Waals surface area contributed by atoms with Gasteiger partial charge in [0.1, 0.15) is 65.0 Å². The smallest absolute Gasteiger partial charge is 0.170 e. The first kappa shape index (κ1) is 35.1. The van der Waals surface area contributed by atoms with E-state index in [-0.39, 0.29) is 0 Å². The van der Waals surface area contributed by atoms with Crippen LogP contribution in [0.4, 0.5) is 11.6 Å². The van der Waals surface area contributed by atoms with Crippen molar-refractivity contribution in [3.05, 3.63) is 165 Å². The van der Waals surface area contributed by atoms with Crippen molar-refractivity contribution in [2.24, 2.45) is 0 Å². The van der Waals surface area contributed by atoms with Crippen molar-refractivity contribution < 1.29 is 9.47 Å². The summed E-state index contributed by atoms with van der Waals surface area (Å²) < 4.78 is 15.1. The summed E-state index contributed by atoms with van der Waals surface area (Å²) in [5.74, 6) is 4.36. The maximum atomic E-state index is 6.18. The second-order valence-electron chi connectivity index (χ2n) is 12.6. The zero-order valence-electron chi connectivity index (χ0n) is 30.5. The Bertz CT molecular complexity index is 2740. The van der Waals surface area contributed by atoms with E-state index in [1.54, 1.807) is 34.0 Å². The molecule has 10 rings (SSSR count). The molecule has 0 saturated heterocycles. The van der Waals surface area contributed by atoms with Crippen LogP contribution < -0.4 is 20.9 Å². The number of nitrogen functional groups attached to an aromatic ring is 2. The molecule has 4 aromatic carbocycles. The number of ether oxygens (including phenoxy) is 2. The Morgan fingerprint density at radius 2 is 0.879 bits per heavy atom. The molecule has 0 atom stereocenters. The number of rotatable bonds is 8. The van der Waals surface area contributed by atoms with Crippen LogP contribution in [0.1, 0.15) is 0 Å². The minimum Gasteiger partial charge on any atom is -0.457 e. The summed E-state index contributed by atoms with van der Waals surface area (Å²) in [6.07, 6.45) is 9.39. The minimum atomic E-state index is 0.356. The van der Waals surface area contributed by atoms with E-state index in [1.807, 2.05) is 121 Å². The average molecular weight is 762 g/mol. The summed E-state index contributed by atoms with van der Waals surface area (Å²) in [5, 5.41) is 10.9. The van der Waals surface area contributed by atoms with E-state index >= 15 is 0 Å². The molecule has 0 amide bonds. The molecule has 6 aromatic heterocycles. The van der Waals surface area contributed by atoms with E-state index in [2.05, 4.69) is 34.9 Å². The van der Waals surface area contributed by atoms with E-state index in [0.717, 1.165) is 39.8 Å². The van der Waals surface area contributed by atoms with Gasteiger partial charge in [0.2, 0.25) is 0 Å². The minimum absolute atomic E-state index is 0.356. The number of anilines is 2. The predicted molar refractivity (Wildman–Crippen MR) is 219 cm³/mol. The molecular weight excluding hydrogens is 731 g/mol. The van der Waals surface area contributed by atoms with Crippen LogP contribution in [0.3, 0.4) is 0 Å². The van der Waals surface area contributed by atoms with Gasteiger partial charge in [0.25, 0.3) is 0 Å². The van der Waals surface area contributed by atoms with Gasteiger partial charge in [-0.05, 0) is 84.9 Å². The van der Waals surface area contributed by atoms with Gasteiger partial charge in [-0.1, -0.05) is 36.4 Å². The fourth-order valence-electron chi connectivity index (χ4n) is 6.20. The molecule has 10 aromatic rings. The second kappa shape index (κ2) is 15.6. The number of fused-ring (bicyclic) bond motifs is 2. The van der Waals surface area contributed by atoms with Gasteiger partial charge in [0, 0.05) is 35.8 Å². The van der Waals surface area contributed by atoms with Crippen molar-refractivity contribution in [1.82, 2.24) is 54.4 Å². The second-order valence-corrected chi connectivity index (χ2v) is 12.6. The Kier molecular flexibility index (Phi) is 9.47. The molecule has 15 heteroatoms. The summed E-state index contributed by atoms with van der Waals surface area (Å²) in [5.41, 5.74) is 17.5. The Hall–Kier alpha value is -8.59. The number of hydrogen-bond acceptors (Lipinski definition) is 13. The molecule has 0 unspecified atom stereocenters. The highest BCUT2D eigenvalue weighted by atomic mass is 16.5. The van der Waals surface area contributed by atoms with E-state index in [1.165, 1.54) is 19.0 Å². The first-order chi connectivity index (χ1) is 28.6. The Labute approximate surface area is 330 Å². The van der Waals surface area contributed by atoms with Crippen molar-refractivity contribution in [2.75, 3.05) is 11.5 Å². The fraction of sp³-hybridized carbons (Fsp3) is 0. The topological polar surface area (TPSA) is 196 Å². The van der Waals surface area contributed by atoms with Crippen LogP contribution in [0.15, 0.2) is 165 Å². The average Bonchev–Trinajstić information content (AvgIpc) is 3.87. The monoisotopic (exact) mass is 761 g/mol. The zero-order chi connectivity index (χ0) is 39.3. The SMILES string of the molecule is Nc1ncnc2c1c(-c1ccc(Oc3ccccc3)cc1)nn2-c1ccncc1.Nc1ncnc2c1c(-c1ccc(Oc3ccccc3)cc1)nn2-c1ccncn1. The summed E-state index contributed by atoms with van der Waals surface area (Å²) >= 11 is 0. The molecule has 280 valence electrons. The van der Waals surface area contributed by atoms with E-state index in [0.29, 0.717) is 50.9 Å². The maximum Gasteiger partial charge on any atom is 0.170 e. The first-order valence-electron chi connectivity index (χ1n) is 17.9. The summed E-state index contributed by atoms with van der Waals surface area (Å²) in [7, 11) is 0. The Morgan fingerprint density at radius 1 is 0.414 bits per heavy atom. The van der Waals surface area contributed by atoms with Crippen LogP contribution in [0.25, 0.3) is 56.1 Å². The van der Waals surface area contributed by atoms with Gasteiger partial charge < -0.3 is 20.9 Å². The molecule has 0 aliphatic carbocycles. The molecule has 0 aliphatic heterocycles. The quantitative estimate of drug-likeness (QED) is 0.152. The lowest BCUT2D eigenvalue weighted by Gasteiger charge is -2.06. The summed E-state index contributed by atoms with van der Waals surface area (Å²) in [4.78, 5) is 29.3. The third-order valence-electron chi connectivity index (χ3n) is 8.89. The van der Waals surface area contributed by atoms with Gasteiger partial charge in [0.15, 0.2) is 17.1 Å². The van der Waals surface area contributed by atoms with E-state index < -0.39 is 0 Å². The number of para-hydroxylation sites is 2. The molecule has 4 N–H and O–H groups in total.